The molecule has 0 saturated carbocycles. The topological polar surface area (TPSA) is 93.5 Å². The molecule has 0 aromatic heterocycles. The molecule has 7 heteroatoms. The molecule has 0 atom stereocenters. The van der Waals surface area contributed by atoms with Gasteiger partial charge in [0.1, 0.15) is 0 Å². The summed E-state index contributed by atoms with van der Waals surface area (Å²) < 4.78 is 5.32. The second-order valence-corrected chi connectivity index (χ2v) is 5.98. The van der Waals surface area contributed by atoms with E-state index in [0.29, 0.717) is 39.1 Å². The zero-order chi connectivity index (χ0) is 16.7. The van der Waals surface area contributed by atoms with Gasteiger partial charge < -0.3 is 21.1 Å². The van der Waals surface area contributed by atoms with Gasteiger partial charge in [-0.1, -0.05) is 12.1 Å². The molecule has 2 amide bonds. The van der Waals surface area contributed by atoms with E-state index < -0.39 is 5.41 Å². The average Bonchev–Trinajstić information content (AvgIpc) is 2.56. The lowest BCUT2D eigenvalue weighted by Crippen LogP contribution is -2.49. The summed E-state index contributed by atoms with van der Waals surface area (Å²) in [7, 11) is 0. The Morgan fingerprint density at radius 3 is 2.38 bits per heavy atom. The van der Waals surface area contributed by atoms with Crippen LogP contribution in [0.2, 0.25) is 0 Å². The predicted molar refractivity (Wildman–Crippen MR) is 96.2 cm³/mol. The molecule has 0 bridgehead atoms. The van der Waals surface area contributed by atoms with Crippen molar-refractivity contribution in [2.45, 2.75) is 26.2 Å². The van der Waals surface area contributed by atoms with E-state index in [4.69, 9.17) is 10.5 Å². The first-order chi connectivity index (χ1) is 11.1. The van der Waals surface area contributed by atoms with Gasteiger partial charge in [0.15, 0.2) is 0 Å². The molecule has 0 spiro atoms. The zero-order valence-corrected chi connectivity index (χ0v) is 14.8. The van der Waals surface area contributed by atoms with Gasteiger partial charge in [-0.25, -0.2) is 0 Å². The van der Waals surface area contributed by atoms with Crippen molar-refractivity contribution >= 4 is 29.9 Å². The number of benzene rings is 1. The number of anilines is 1. The van der Waals surface area contributed by atoms with Crippen LogP contribution in [-0.2, 0) is 20.7 Å². The highest BCUT2D eigenvalue weighted by molar-refractivity contribution is 5.88. The number of halogens is 1. The second kappa shape index (κ2) is 9.61. The number of hydrogen-bond acceptors (Lipinski definition) is 4. The van der Waals surface area contributed by atoms with Gasteiger partial charge in [-0.2, -0.15) is 0 Å². The molecule has 2 rings (SSSR count). The van der Waals surface area contributed by atoms with Crippen molar-refractivity contribution < 1.29 is 14.3 Å². The Hall–Kier alpha value is -1.63. The van der Waals surface area contributed by atoms with Crippen molar-refractivity contribution in [2.75, 3.05) is 31.6 Å². The molecular weight excluding hydrogens is 330 g/mol. The third-order valence-corrected chi connectivity index (χ3v) is 4.30. The van der Waals surface area contributed by atoms with Crippen LogP contribution < -0.4 is 16.4 Å². The van der Waals surface area contributed by atoms with Crippen LogP contribution in [0.15, 0.2) is 24.3 Å². The van der Waals surface area contributed by atoms with Crippen LogP contribution in [0.3, 0.4) is 0 Å². The Morgan fingerprint density at radius 1 is 1.21 bits per heavy atom. The Balaban J connectivity index is 0.00000288. The Labute approximate surface area is 148 Å². The number of ether oxygens (including phenoxy) is 1. The highest BCUT2D eigenvalue weighted by atomic mass is 35.5. The van der Waals surface area contributed by atoms with Crippen LogP contribution >= 0.6 is 12.4 Å². The Morgan fingerprint density at radius 2 is 1.83 bits per heavy atom. The number of rotatable bonds is 6. The molecule has 24 heavy (non-hydrogen) atoms. The maximum Gasteiger partial charge on any atom is 0.227 e. The molecule has 1 heterocycles. The molecule has 1 saturated heterocycles. The van der Waals surface area contributed by atoms with E-state index in [1.165, 1.54) is 6.92 Å². The number of nitrogens with one attached hydrogen (secondary N) is 2. The zero-order valence-electron chi connectivity index (χ0n) is 14.0. The van der Waals surface area contributed by atoms with Crippen molar-refractivity contribution in [1.29, 1.82) is 0 Å². The number of nitrogens with two attached hydrogens (primary N) is 1. The van der Waals surface area contributed by atoms with Crippen LogP contribution in [0.5, 0.6) is 0 Å². The third kappa shape index (κ3) is 5.47. The largest absolute Gasteiger partial charge is 0.381 e. The molecule has 1 aliphatic rings. The van der Waals surface area contributed by atoms with Crippen molar-refractivity contribution in [3.8, 4) is 0 Å². The lowest BCUT2D eigenvalue weighted by molar-refractivity contribution is -0.135. The Kier molecular flexibility index (Phi) is 8.18. The molecule has 0 radical (unpaired) electrons. The second-order valence-electron chi connectivity index (χ2n) is 5.98. The van der Waals surface area contributed by atoms with Gasteiger partial charge in [0, 0.05) is 38.9 Å². The van der Waals surface area contributed by atoms with Crippen molar-refractivity contribution in [1.82, 2.24) is 5.32 Å². The number of amides is 2. The fourth-order valence-electron chi connectivity index (χ4n) is 2.75. The predicted octanol–water partition coefficient (Wildman–Crippen LogP) is 1.48. The van der Waals surface area contributed by atoms with E-state index in [-0.39, 0.29) is 24.2 Å². The SMILES string of the molecule is CC(=O)Nc1ccc(CCNC(=O)C2(CN)CCOCC2)cc1.Cl. The van der Waals surface area contributed by atoms with E-state index in [9.17, 15) is 9.59 Å². The van der Waals surface area contributed by atoms with Crippen LogP contribution in [0.4, 0.5) is 5.69 Å². The minimum Gasteiger partial charge on any atom is -0.381 e. The van der Waals surface area contributed by atoms with Crippen LogP contribution in [0, 0.1) is 5.41 Å². The van der Waals surface area contributed by atoms with Crippen LogP contribution in [0.25, 0.3) is 0 Å². The summed E-state index contributed by atoms with van der Waals surface area (Å²) in [6.07, 6.45) is 2.10. The smallest absolute Gasteiger partial charge is 0.227 e. The molecule has 0 unspecified atom stereocenters. The summed E-state index contributed by atoms with van der Waals surface area (Å²) in [6.45, 7) is 3.59. The summed E-state index contributed by atoms with van der Waals surface area (Å²) in [5.74, 6) is -0.0632. The fraction of sp³-hybridized carbons (Fsp3) is 0.529. The van der Waals surface area contributed by atoms with Gasteiger partial charge in [-0.3, -0.25) is 9.59 Å². The van der Waals surface area contributed by atoms with Crippen LogP contribution in [-0.4, -0.2) is 38.1 Å². The van der Waals surface area contributed by atoms with Crippen LogP contribution in [0.1, 0.15) is 25.3 Å². The molecule has 1 aliphatic heterocycles. The molecule has 4 N–H and O–H groups in total. The van der Waals surface area contributed by atoms with Crippen molar-refractivity contribution in [3.63, 3.8) is 0 Å². The van der Waals surface area contributed by atoms with E-state index in [1.54, 1.807) is 0 Å². The first kappa shape index (κ1) is 20.4. The molecular formula is C17H26ClN3O3. The maximum atomic E-state index is 12.4. The average molecular weight is 356 g/mol. The molecule has 1 aromatic rings. The number of hydrogen-bond donors (Lipinski definition) is 3. The summed E-state index contributed by atoms with van der Waals surface area (Å²) in [6, 6.07) is 7.62. The van der Waals surface area contributed by atoms with Gasteiger partial charge in [0.25, 0.3) is 0 Å². The minimum absolute atomic E-state index is 0. The fourth-order valence-corrected chi connectivity index (χ4v) is 2.75. The van der Waals surface area contributed by atoms with Gasteiger partial charge in [-0.05, 0) is 37.0 Å². The highest BCUT2D eigenvalue weighted by Crippen LogP contribution is 2.29. The first-order valence-corrected chi connectivity index (χ1v) is 7.98. The quantitative estimate of drug-likeness (QED) is 0.720. The standard InChI is InChI=1S/C17H25N3O3.ClH/c1-13(21)20-15-4-2-14(3-5-15)6-9-19-16(22)17(12-18)7-10-23-11-8-17;/h2-5H,6-12,18H2,1H3,(H,19,22)(H,20,21);1H. The normalized spacial score (nSPS) is 15.9. The molecule has 6 nitrogen and oxygen atoms in total. The first-order valence-electron chi connectivity index (χ1n) is 7.98. The lowest BCUT2D eigenvalue weighted by atomic mass is 9.79. The van der Waals surface area contributed by atoms with Gasteiger partial charge in [0.05, 0.1) is 5.41 Å². The molecule has 1 aromatic carbocycles. The molecule has 134 valence electrons. The Bertz CT molecular complexity index is 543. The maximum absolute atomic E-state index is 12.4. The monoisotopic (exact) mass is 355 g/mol. The number of carbonyl (C=O) groups excluding carboxylic acids is 2. The highest BCUT2D eigenvalue weighted by Gasteiger charge is 2.38. The molecule has 1 fully saturated rings. The van der Waals surface area contributed by atoms with Crippen molar-refractivity contribution in [2.24, 2.45) is 11.1 Å². The minimum atomic E-state index is -0.479. The number of carbonyl (C=O) groups is 2. The third-order valence-electron chi connectivity index (χ3n) is 4.30. The van der Waals surface area contributed by atoms with E-state index in [1.807, 2.05) is 24.3 Å². The molecule has 0 aliphatic carbocycles. The van der Waals surface area contributed by atoms with E-state index in [0.717, 1.165) is 17.7 Å². The summed E-state index contributed by atoms with van der Waals surface area (Å²) in [5.41, 5.74) is 7.23. The summed E-state index contributed by atoms with van der Waals surface area (Å²) in [4.78, 5) is 23.4. The summed E-state index contributed by atoms with van der Waals surface area (Å²) in [5, 5.41) is 5.72. The van der Waals surface area contributed by atoms with Gasteiger partial charge in [-0.15, -0.1) is 12.4 Å². The van der Waals surface area contributed by atoms with E-state index in [2.05, 4.69) is 10.6 Å². The van der Waals surface area contributed by atoms with E-state index >= 15 is 0 Å². The van der Waals surface area contributed by atoms with Crippen molar-refractivity contribution in [3.05, 3.63) is 29.8 Å². The van der Waals surface area contributed by atoms with Gasteiger partial charge in [0.2, 0.25) is 11.8 Å². The lowest BCUT2D eigenvalue weighted by Gasteiger charge is -2.34. The van der Waals surface area contributed by atoms with Gasteiger partial charge >= 0.3 is 0 Å². The summed E-state index contributed by atoms with van der Waals surface area (Å²) >= 11 is 0.